The van der Waals surface area contributed by atoms with Gasteiger partial charge in [-0.2, -0.15) is 0 Å². The van der Waals surface area contributed by atoms with Crippen LogP contribution in [-0.4, -0.2) is 20.1 Å². The molecule has 0 amide bonds. The molecule has 1 unspecified atom stereocenters. The summed E-state index contributed by atoms with van der Waals surface area (Å²) >= 11 is 5.44. The number of sulfonamides is 1. The molecule has 96 valence electrons. The van der Waals surface area contributed by atoms with Crippen molar-refractivity contribution in [1.82, 2.24) is 4.72 Å². The van der Waals surface area contributed by atoms with Crippen molar-refractivity contribution in [3.8, 4) is 0 Å². The van der Waals surface area contributed by atoms with Crippen LogP contribution in [0.3, 0.4) is 0 Å². The first-order chi connectivity index (χ1) is 7.98. The number of benzene rings is 1. The SMILES string of the molecule is CCc1ccc(C(C)NS(=O)(=O)CCCl)cc1. The number of nitrogens with one attached hydrogen (secondary N) is 1. The fourth-order valence-electron chi connectivity index (χ4n) is 1.54. The second-order valence-electron chi connectivity index (χ2n) is 3.94. The number of hydrogen-bond donors (Lipinski definition) is 1. The maximum atomic E-state index is 11.5. The van der Waals surface area contributed by atoms with Gasteiger partial charge >= 0.3 is 0 Å². The minimum Gasteiger partial charge on any atom is -0.212 e. The minimum absolute atomic E-state index is 0.0497. The molecular weight excluding hydrogens is 258 g/mol. The summed E-state index contributed by atoms with van der Waals surface area (Å²) in [6.07, 6.45) is 0.979. The van der Waals surface area contributed by atoms with Crippen molar-refractivity contribution >= 4 is 21.6 Å². The van der Waals surface area contributed by atoms with Gasteiger partial charge in [-0.1, -0.05) is 31.2 Å². The number of aryl methyl sites for hydroxylation is 1. The highest BCUT2D eigenvalue weighted by Gasteiger charge is 2.14. The van der Waals surface area contributed by atoms with E-state index >= 15 is 0 Å². The van der Waals surface area contributed by atoms with Gasteiger partial charge in [-0.05, 0) is 24.5 Å². The Morgan fingerprint density at radius 3 is 2.35 bits per heavy atom. The Bertz CT molecular complexity index is 442. The molecule has 1 aromatic carbocycles. The lowest BCUT2D eigenvalue weighted by Crippen LogP contribution is -2.29. The standard InChI is InChI=1S/C12H18ClNO2S/c1-3-11-4-6-12(7-5-11)10(2)14-17(15,16)9-8-13/h4-7,10,14H,3,8-9H2,1-2H3. The first-order valence-electron chi connectivity index (χ1n) is 5.63. The van der Waals surface area contributed by atoms with Crippen LogP contribution in [0, 0.1) is 0 Å². The van der Waals surface area contributed by atoms with Crippen molar-refractivity contribution in [1.29, 1.82) is 0 Å². The van der Waals surface area contributed by atoms with Crippen LogP contribution in [0.5, 0.6) is 0 Å². The maximum Gasteiger partial charge on any atom is 0.213 e. The Balaban J connectivity index is 2.72. The molecule has 3 nitrogen and oxygen atoms in total. The number of hydrogen-bond acceptors (Lipinski definition) is 2. The van der Waals surface area contributed by atoms with Crippen molar-refractivity contribution in [3.05, 3.63) is 35.4 Å². The maximum absolute atomic E-state index is 11.5. The van der Waals surface area contributed by atoms with E-state index in [9.17, 15) is 8.42 Å². The summed E-state index contributed by atoms with van der Waals surface area (Å²) in [4.78, 5) is 0. The molecule has 0 radical (unpaired) electrons. The summed E-state index contributed by atoms with van der Waals surface area (Å²) in [6.45, 7) is 3.91. The van der Waals surface area contributed by atoms with Gasteiger partial charge in [-0.3, -0.25) is 0 Å². The van der Waals surface area contributed by atoms with Crippen molar-refractivity contribution in [2.45, 2.75) is 26.3 Å². The summed E-state index contributed by atoms with van der Waals surface area (Å²) in [5.74, 6) is 0.0583. The fraction of sp³-hybridized carbons (Fsp3) is 0.500. The predicted octanol–water partition coefficient (Wildman–Crippen LogP) is 2.47. The van der Waals surface area contributed by atoms with E-state index in [1.165, 1.54) is 5.56 Å². The zero-order valence-electron chi connectivity index (χ0n) is 10.1. The molecule has 0 bridgehead atoms. The summed E-state index contributed by atoms with van der Waals surface area (Å²) in [7, 11) is -3.28. The zero-order valence-corrected chi connectivity index (χ0v) is 11.7. The Kier molecular flexibility index (Phi) is 5.43. The highest BCUT2D eigenvalue weighted by Crippen LogP contribution is 2.14. The summed E-state index contributed by atoms with van der Waals surface area (Å²) in [6, 6.07) is 7.71. The molecule has 5 heteroatoms. The highest BCUT2D eigenvalue weighted by molar-refractivity contribution is 7.89. The monoisotopic (exact) mass is 275 g/mol. The molecule has 0 aliphatic heterocycles. The quantitative estimate of drug-likeness (QED) is 0.811. The van der Waals surface area contributed by atoms with E-state index in [1.54, 1.807) is 0 Å². The van der Waals surface area contributed by atoms with Gasteiger partial charge in [0.05, 0.1) is 5.75 Å². The van der Waals surface area contributed by atoms with Crippen LogP contribution in [0.25, 0.3) is 0 Å². The van der Waals surface area contributed by atoms with Crippen molar-refractivity contribution in [2.24, 2.45) is 0 Å². The molecule has 0 aromatic heterocycles. The molecule has 1 atom stereocenters. The van der Waals surface area contributed by atoms with Crippen LogP contribution < -0.4 is 4.72 Å². The molecule has 0 spiro atoms. The Labute approximate surface area is 108 Å². The smallest absolute Gasteiger partial charge is 0.212 e. The third-order valence-corrected chi connectivity index (χ3v) is 4.46. The van der Waals surface area contributed by atoms with Crippen LogP contribution in [0.4, 0.5) is 0 Å². The van der Waals surface area contributed by atoms with Crippen LogP contribution in [0.15, 0.2) is 24.3 Å². The summed E-state index contributed by atoms with van der Waals surface area (Å²) in [5, 5.41) is 0. The first kappa shape index (κ1) is 14.5. The second-order valence-corrected chi connectivity index (χ2v) is 6.19. The average molecular weight is 276 g/mol. The molecule has 0 fully saturated rings. The topological polar surface area (TPSA) is 46.2 Å². The molecule has 0 aliphatic carbocycles. The van der Waals surface area contributed by atoms with Crippen LogP contribution in [0.1, 0.15) is 31.0 Å². The van der Waals surface area contributed by atoms with Crippen molar-refractivity contribution < 1.29 is 8.42 Å². The van der Waals surface area contributed by atoms with E-state index in [2.05, 4.69) is 11.6 Å². The van der Waals surface area contributed by atoms with Gasteiger partial charge in [-0.15, -0.1) is 11.6 Å². The van der Waals surface area contributed by atoms with Gasteiger partial charge in [0.15, 0.2) is 0 Å². The van der Waals surface area contributed by atoms with E-state index in [4.69, 9.17) is 11.6 Å². The van der Waals surface area contributed by atoms with E-state index in [0.29, 0.717) is 0 Å². The Hall–Kier alpha value is -0.580. The van der Waals surface area contributed by atoms with Crippen LogP contribution in [0.2, 0.25) is 0 Å². The molecular formula is C12H18ClNO2S. The van der Waals surface area contributed by atoms with Crippen molar-refractivity contribution in [2.75, 3.05) is 11.6 Å². The highest BCUT2D eigenvalue weighted by atomic mass is 35.5. The van der Waals surface area contributed by atoms with E-state index in [-0.39, 0.29) is 17.7 Å². The average Bonchev–Trinajstić information content (AvgIpc) is 2.28. The lowest BCUT2D eigenvalue weighted by molar-refractivity contribution is 0.568. The Morgan fingerprint density at radius 1 is 1.29 bits per heavy atom. The van der Waals surface area contributed by atoms with Gasteiger partial charge in [0.2, 0.25) is 10.0 Å². The predicted molar refractivity (Wildman–Crippen MR) is 71.9 cm³/mol. The zero-order chi connectivity index (χ0) is 12.9. The van der Waals surface area contributed by atoms with E-state index < -0.39 is 10.0 Å². The number of alkyl halides is 1. The first-order valence-corrected chi connectivity index (χ1v) is 7.82. The molecule has 0 saturated carbocycles. The van der Waals surface area contributed by atoms with Gasteiger partial charge in [0.25, 0.3) is 0 Å². The summed E-state index contributed by atoms with van der Waals surface area (Å²) < 4.78 is 25.7. The van der Waals surface area contributed by atoms with Gasteiger partial charge < -0.3 is 0 Å². The minimum atomic E-state index is -3.28. The van der Waals surface area contributed by atoms with Crippen molar-refractivity contribution in [3.63, 3.8) is 0 Å². The number of halogens is 1. The molecule has 17 heavy (non-hydrogen) atoms. The largest absolute Gasteiger partial charge is 0.213 e. The van der Waals surface area contributed by atoms with E-state index in [0.717, 1.165) is 12.0 Å². The molecule has 0 saturated heterocycles. The normalized spacial score (nSPS) is 13.6. The number of rotatable bonds is 6. The van der Waals surface area contributed by atoms with Crippen LogP contribution in [-0.2, 0) is 16.4 Å². The second kappa shape index (κ2) is 6.38. The fourth-order valence-corrected chi connectivity index (χ4v) is 3.15. The lowest BCUT2D eigenvalue weighted by Gasteiger charge is -2.14. The van der Waals surface area contributed by atoms with Gasteiger partial charge in [0.1, 0.15) is 0 Å². The van der Waals surface area contributed by atoms with Crippen LogP contribution >= 0.6 is 11.6 Å². The lowest BCUT2D eigenvalue weighted by atomic mass is 10.1. The van der Waals surface area contributed by atoms with Gasteiger partial charge in [0, 0.05) is 11.9 Å². The third kappa shape index (κ3) is 4.66. The third-order valence-electron chi connectivity index (χ3n) is 2.59. The molecule has 1 aromatic rings. The van der Waals surface area contributed by atoms with E-state index in [1.807, 2.05) is 31.2 Å². The Morgan fingerprint density at radius 2 is 1.88 bits per heavy atom. The molecule has 0 aliphatic rings. The molecule has 1 rings (SSSR count). The molecule has 0 heterocycles. The van der Waals surface area contributed by atoms with Gasteiger partial charge in [-0.25, -0.2) is 13.1 Å². The molecule has 1 N–H and O–H groups in total. The summed E-state index contributed by atoms with van der Waals surface area (Å²) in [5.41, 5.74) is 2.20.